The third kappa shape index (κ3) is 5.99. The number of amides is 3. The van der Waals surface area contributed by atoms with Crippen LogP contribution < -0.4 is 4.90 Å². The fourth-order valence-corrected chi connectivity index (χ4v) is 10.2. The van der Waals surface area contributed by atoms with Crippen LogP contribution in [0.1, 0.15) is 55.7 Å². The Kier molecular flexibility index (Phi) is 9.94. The number of aryl methyl sites for hydroxylation is 2. The number of carbonyl (C=O) groups is 3. The monoisotopic (exact) mass is 629 g/mol. The summed E-state index contributed by atoms with van der Waals surface area (Å²) in [6, 6.07) is 15.3. The van der Waals surface area contributed by atoms with Crippen molar-refractivity contribution in [2.24, 2.45) is 11.8 Å². The van der Waals surface area contributed by atoms with Crippen LogP contribution >= 0.6 is 11.8 Å². The van der Waals surface area contributed by atoms with Gasteiger partial charge in [0.05, 0.1) is 16.6 Å². The fourth-order valence-electron chi connectivity index (χ4n) is 7.88. The molecule has 240 valence electrons. The molecule has 2 aromatic carbocycles. The summed E-state index contributed by atoms with van der Waals surface area (Å²) in [4.78, 5) is 49.6. The minimum atomic E-state index is -0.704. The number of anilines is 1. The van der Waals surface area contributed by atoms with Crippen molar-refractivity contribution in [1.82, 2.24) is 9.80 Å². The summed E-state index contributed by atoms with van der Waals surface area (Å²) < 4.78 is -1.17. The lowest BCUT2D eigenvalue weighted by molar-refractivity contribution is -0.145. The van der Waals surface area contributed by atoms with Gasteiger partial charge in [0.1, 0.15) is 6.04 Å². The molecule has 1 N–H and O–H groups in total. The molecule has 8 heteroatoms. The Hall–Kier alpha value is -3.36. The second-order valence-electron chi connectivity index (χ2n) is 13.1. The Balaban J connectivity index is 1.56. The van der Waals surface area contributed by atoms with Crippen molar-refractivity contribution in [1.29, 1.82) is 0 Å². The molecule has 3 saturated heterocycles. The first kappa shape index (κ1) is 33.0. The Morgan fingerprint density at radius 3 is 2.44 bits per heavy atom. The molecule has 0 aromatic heterocycles. The highest BCUT2D eigenvalue weighted by atomic mass is 32.2. The Morgan fingerprint density at radius 1 is 1.02 bits per heavy atom. The molecule has 0 aliphatic carbocycles. The van der Waals surface area contributed by atoms with Crippen LogP contribution in [0.25, 0.3) is 0 Å². The van der Waals surface area contributed by atoms with E-state index < -0.39 is 27.4 Å². The van der Waals surface area contributed by atoms with E-state index in [1.165, 1.54) is 0 Å². The van der Waals surface area contributed by atoms with Crippen molar-refractivity contribution < 1.29 is 19.5 Å². The summed E-state index contributed by atoms with van der Waals surface area (Å²) in [6.45, 7) is 15.7. The number of nitrogens with zero attached hydrogens (tertiary/aromatic N) is 3. The zero-order valence-corrected chi connectivity index (χ0v) is 27.7. The predicted octanol–water partition coefficient (Wildman–Crippen LogP) is 5.68. The fraction of sp³-hybridized carbons (Fsp3) is 0.486. The molecule has 0 radical (unpaired) electrons. The third-order valence-electron chi connectivity index (χ3n) is 9.94. The molecular formula is C37H47N3O4S. The molecule has 2 bridgehead atoms. The van der Waals surface area contributed by atoms with E-state index >= 15 is 0 Å². The van der Waals surface area contributed by atoms with Crippen LogP contribution in [0, 0.1) is 25.7 Å². The lowest BCUT2D eigenvalue weighted by Gasteiger charge is -2.38. The molecule has 3 aliphatic rings. The van der Waals surface area contributed by atoms with Crippen LogP contribution in [0.4, 0.5) is 5.69 Å². The van der Waals surface area contributed by atoms with Crippen molar-refractivity contribution in [3.05, 3.63) is 90.5 Å². The van der Waals surface area contributed by atoms with E-state index in [1.54, 1.807) is 33.7 Å². The number of hydrogen-bond donors (Lipinski definition) is 1. The molecule has 3 amide bonds. The summed E-state index contributed by atoms with van der Waals surface area (Å²) in [5.74, 6) is -1.38. The van der Waals surface area contributed by atoms with E-state index in [1.807, 2.05) is 67.3 Å². The van der Waals surface area contributed by atoms with Crippen LogP contribution in [0.15, 0.2) is 73.8 Å². The SMILES string of the molecule is C=CCN(Cc1ccccc1)C(=O)[C@@H]1[C@H]2C(=O)N(CCCCCO)C(C(=O)N(CC=C)c3cc(C)ccc3C)C23CC[C@@]1(C)S3. The lowest BCUT2D eigenvalue weighted by Crippen LogP contribution is -2.55. The maximum absolute atomic E-state index is 15.0. The lowest BCUT2D eigenvalue weighted by atomic mass is 9.66. The van der Waals surface area contributed by atoms with Gasteiger partial charge in [0, 0.05) is 43.2 Å². The van der Waals surface area contributed by atoms with Crippen molar-refractivity contribution >= 4 is 35.2 Å². The topological polar surface area (TPSA) is 81.2 Å². The van der Waals surface area contributed by atoms with Gasteiger partial charge < -0.3 is 19.8 Å². The molecule has 5 rings (SSSR count). The number of aliphatic hydroxyl groups excluding tert-OH is 1. The van der Waals surface area contributed by atoms with Gasteiger partial charge in [-0.05, 0) is 75.6 Å². The van der Waals surface area contributed by atoms with Crippen LogP contribution in [0.3, 0.4) is 0 Å². The number of thioether (sulfide) groups is 1. The van der Waals surface area contributed by atoms with Crippen LogP contribution in [-0.2, 0) is 20.9 Å². The van der Waals surface area contributed by atoms with Crippen molar-refractivity contribution in [2.75, 3.05) is 31.1 Å². The number of unbranched alkanes of at least 4 members (excludes halogenated alkanes) is 2. The highest BCUT2D eigenvalue weighted by Crippen LogP contribution is 2.71. The molecule has 0 saturated carbocycles. The van der Waals surface area contributed by atoms with E-state index in [9.17, 15) is 19.5 Å². The van der Waals surface area contributed by atoms with Gasteiger partial charge >= 0.3 is 0 Å². The Morgan fingerprint density at radius 2 is 1.76 bits per heavy atom. The molecule has 7 nitrogen and oxygen atoms in total. The van der Waals surface area contributed by atoms with Gasteiger partial charge in [0.2, 0.25) is 11.8 Å². The van der Waals surface area contributed by atoms with Crippen LogP contribution in [0.5, 0.6) is 0 Å². The molecule has 5 atom stereocenters. The first-order valence-corrected chi connectivity index (χ1v) is 17.0. The van der Waals surface area contributed by atoms with Gasteiger partial charge in [-0.15, -0.1) is 24.9 Å². The molecular weight excluding hydrogens is 582 g/mol. The van der Waals surface area contributed by atoms with Crippen molar-refractivity contribution in [3.8, 4) is 0 Å². The summed E-state index contributed by atoms with van der Waals surface area (Å²) in [6.07, 6.45) is 7.02. The number of aliphatic hydroxyl groups is 1. The largest absolute Gasteiger partial charge is 0.396 e. The number of rotatable bonds is 14. The summed E-state index contributed by atoms with van der Waals surface area (Å²) >= 11 is 1.71. The predicted molar refractivity (Wildman–Crippen MR) is 182 cm³/mol. The standard InChI is InChI=1S/C37H47N3O4S/c1-6-20-38(25-28-14-10-8-11-15-28)33(42)30-31-34(43)40(22-12-9-13-23-41)32(37(31)19-18-36(30,5)45-37)35(44)39(21-7-2)29-24-26(3)16-17-27(29)4/h6-8,10-11,14-17,24,30-32,41H,1-2,9,12-13,18-23,25H2,3-5H3/t30-,31-,32?,36+,37?/m0/s1. The quantitative estimate of drug-likeness (QED) is 0.215. The summed E-state index contributed by atoms with van der Waals surface area (Å²) in [7, 11) is 0. The van der Waals surface area contributed by atoms with Gasteiger partial charge in [-0.3, -0.25) is 14.4 Å². The van der Waals surface area contributed by atoms with Gasteiger partial charge in [-0.25, -0.2) is 0 Å². The van der Waals surface area contributed by atoms with E-state index in [-0.39, 0.29) is 24.3 Å². The van der Waals surface area contributed by atoms with Crippen molar-refractivity contribution in [2.45, 2.75) is 75.0 Å². The van der Waals surface area contributed by atoms with Gasteiger partial charge in [-0.1, -0.05) is 54.6 Å². The maximum Gasteiger partial charge on any atom is 0.251 e. The first-order chi connectivity index (χ1) is 21.6. The van der Waals surface area contributed by atoms with Crippen LogP contribution in [0.2, 0.25) is 0 Å². The number of benzene rings is 2. The Bertz CT molecular complexity index is 1450. The van der Waals surface area contributed by atoms with E-state index in [2.05, 4.69) is 20.1 Å². The average molecular weight is 630 g/mol. The number of carbonyl (C=O) groups excluding carboxylic acids is 3. The molecule has 3 fully saturated rings. The minimum Gasteiger partial charge on any atom is -0.396 e. The van der Waals surface area contributed by atoms with Gasteiger partial charge in [0.25, 0.3) is 5.91 Å². The van der Waals surface area contributed by atoms with Gasteiger partial charge in [0.15, 0.2) is 0 Å². The smallest absolute Gasteiger partial charge is 0.251 e. The summed E-state index contributed by atoms with van der Waals surface area (Å²) in [5, 5.41) is 9.40. The summed E-state index contributed by atoms with van der Waals surface area (Å²) in [5.41, 5.74) is 3.87. The highest BCUT2D eigenvalue weighted by Gasteiger charge is 2.77. The van der Waals surface area contributed by atoms with E-state index in [4.69, 9.17) is 0 Å². The highest BCUT2D eigenvalue weighted by molar-refractivity contribution is 8.02. The zero-order valence-electron chi connectivity index (χ0n) is 26.9. The number of hydrogen-bond acceptors (Lipinski definition) is 5. The minimum absolute atomic E-state index is 0.0421. The first-order valence-electron chi connectivity index (χ1n) is 16.2. The molecule has 2 unspecified atom stereocenters. The molecule has 45 heavy (non-hydrogen) atoms. The average Bonchev–Trinajstić information content (AvgIpc) is 3.59. The molecule has 3 heterocycles. The zero-order chi connectivity index (χ0) is 32.4. The van der Waals surface area contributed by atoms with Crippen LogP contribution in [-0.4, -0.2) is 74.4 Å². The Labute approximate surface area is 272 Å². The third-order valence-corrected chi connectivity index (χ3v) is 11.9. The molecule has 1 spiro atoms. The normalized spacial score (nSPS) is 26.5. The van der Waals surface area contributed by atoms with E-state index in [0.29, 0.717) is 45.4 Å². The van der Waals surface area contributed by atoms with Crippen molar-refractivity contribution in [3.63, 3.8) is 0 Å². The second kappa shape index (κ2) is 13.6. The second-order valence-corrected chi connectivity index (χ2v) is 15.0. The maximum atomic E-state index is 15.0. The number of fused-ring (bicyclic) bond motifs is 1. The van der Waals surface area contributed by atoms with Gasteiger partial charge in [-0.2, -0.15) is 0 Å². The molecule has 2 aromatic rings. The molecule has 3 aliphatic heterocycles. The van der Waals surface area contributed by atoms with E-state index in [0.717, 1.165) is 35.2 Å². The number of likely N-dealkylation sites (tertiary alicyclic amines) is 1.